The van der Waals surface area contributed by atoms with Crippen LogP contribution in [0.15, 0.2) is 71.5 Å². The van der Waals surface area contributed by atoms with E-state index in [1.807, 2.05) is 0 Å². The lowest BCUT2D eigenvalue weighted by atomic mass is 10.1. The zero-order valence-electron chi connectivity index (χ0n) is 26.6. The van der Waals surface area contributed by atoms with Gasteiger partial charge >= 0.3 is 17.8 Å². The third kappa shape index (κ3) is 12.5. The molecule has 2 aromatic carbocycles. The summed E-state index contributed by atoms with van der Waals surface area (Å²) in [4.78, 5) is 52.1. The number of halogens is 6. The van der Waals surface area contributed by atoms with Gasteiger partial charge in [0.1, 0.15) is 21.3 Å². The summed E-state index contributed by atoms with van der Waals surface area (Å²) in [6.07, 6.45) is 6.33. The third-order valence-corrected chi connectivity index (χ3v) is 8.23. The van der Waals surface area contributed by atoms with Gasteiger partial charge in [-0.3, -0.25) is 10.2 Å². The number of allylic oxidation sites excluding steroid dienone is 4. The minimum absolute atomic E-state index is 0.000732. The van der Waals surface area contributed by atoms with E-state index in [4.69, 9.17) is 90.2 Å². The second-order valence-corrected chi connectivity index (χ2v) is 12.8. The summed E-state index contributed by atoms with van der Waals surface area (Å²) >= 11 is 36.8. The summed E-state index contributed by atoms with van der Waals surface area (Å²) in [5, 5.41) is 12.6. The largest absolute Gasteiger partial charge is 0.458 e. The second kappa shape index (κ2) is 19.7. The van der Waals surface area contributed by atoms with Gasteiger partial charge in [-0.1, -0.05) is 102 Å². The first kappa shape index (κ1) is 41.8. The number of primary amides is 1. The average molecular weight is 794 g/mol. The van der Waals surface area contributed by atoms with Crippen LogP contribution in [0.25, 0.3) is 0 Å². The molecule has 0 bridgehead atoms. The van der Waals surface area contributed by atoms with E-state index in [2.05, 4.69) is 5.32 Å². The number of carbonyl (C=O) groups is 4. The molecule has 2 unspecified atom stereocenters. The number of anilines is 1. The molecule has 0 spiro atoms. The number of hydrogen-bond acceptors (Lipinski definition) is 8. The molecule has 0 radical (unpaired) electrons. The molecule has 0 heterocycles. The molecule has 0 aromatic heterocycles. The number of nitrogens with two attached hydrogens (primary N) is 2. The van der Waals surface area contributed by atoms with Gasteiger partial charge in [0.15, 0.2) is 11.4 Å². The van der Waals surface area contributed by atoms with Crippen molar-refractivity contribution in [3.05, 3.63) is 102 Å². The number of benzene rings is 2. The molecule has 0 aliphatic rings. The third-order valence-electron chi connectivity index (χ3n) is 6.57. The molecule has 0 saturated carbocycles. The quantitative estimate of drug-likeness (QED) is 0.0496. The Bertz CT molecular complexity index is 1710. The number of hydrogen-bond donors (Lipinski definition) is 4. The fraction of sp³-hybridized carbons (Fsp3) is 0.242. The van der Waals surface area contributed by atoms with Gasteiger partial charge in [-0.05, 0) is 63.1 Å². The van der Waals surface area contributed by atoms with Crippen LogP contribution in [-0.2, 0) is 28.7 Å². The molecule has 16 heteroatoms. The summed E-state index contributed by atoms with van der Waals surface area (Å²) in [5.74, 6) is -3.63. The Balaban J connectivity index is 2.51. The van der Waals surface area contributed by atoms with E-state index < -0.39 is 52.9 Å². The van der Waals surface area contributed by atoms with Crippen molar-refractivity contribution in [2.75, 3.05) is 5.32 Å². The molecule has 2 rings (SSSR count). The maximum atomic E-state index is 13.4. The molecular weight excluding hydrogens is 761 g/mol. The normalized spacial score (nSPS) is 13.6. The highest BCUT2D eigenvalue weighted by molar-refractivity contribution is 6.50. The Morgan fingerprint density at radius 1 is 0.816 bits per heavy atom. The van der Waals surface area contributed by atoms with Gasteiger partial charge in [0.05, 0.1) is 33.5 Å². The van der Waals surface area contributed by atoms with Crippen molar-refractivity contribution in [3.63, 3.8) is 0 Å². The molecule has 2 atom stereocenters. The van der Waals surface area contributed by atoms with Crippen molar-refractivity contribution in [1.82, 2.24) is 0 Å². The molecule has 0 saturated heterocycles. The van der Waals surface area contributed by atoms with Gasteiger partial charge in [0.25, 0.3) is 5.91 Å². The van der Waals surface area contributed by atoms with E-state index in [0.717, 1.165) is 11.4 Å². The minimum atomic E-state index is -1.05. The molecule has 10 nitrogen and oxygen atoms in total. The average Bonchev–Trinajstić information content (AvgIpc) is 3.02. The van der Waals surface area contributed by atoms with Crippen molar-refractivity contribution in [2.45, 2.75) is 52.7 Å². The lowest BCUT2D eigenvalue weighted by molar-refractivity contribution is -0.478. The van der Waals surface area contributed by atoms with Gasteiger partial charge in [-0.2, -0.15) is 0 Å². The molecule has 0 aliphatic heterocycles. The fourth-order valence-electron chi connectivity index (χ4n) is 3.56. The van der Waals surface area contributed by atoms with Crippen LogP contribution in [0.3, 0.4) is 0 Å². The zero-order chi connectivity index (χ0) is 37.0. The molecule has 2 amide bonds. The van der Waals surface area contributed by atoms with E-state index in [0.29, 0.717) is 12.8 Å². The Labute approximate surface area is 313 Å². The molecular formula is C33H33Cl6N4O6+. The Hall–Kier alpha value is -3.35. The number of rotatable bonds is 14. The van der Waals surface area contributed by atoms with E-state index >= 15 is 0 Å². The maximum Gasteiger partial charge on any atom is 0.357 e. The van der Waals surface area contributed by atoms with Gasteiger partial charge < -0.3 is 20.5 Å². The van der Waals surface area contributed by atoms with Crippen molar-refractivity contribution in [2.24, 2.45) is 5.73 Å². The minimum Gasteiger partial charge on any atom is -0.458 e. The van der Waals surface area contributed by atoms with Gasteiger partial charge in [-0.15, -0.1) is 0 Å². The standard InChI is InChI=1S/C33H32Cl6N4O6/c1-5-16(3)48-32(46)26(40)20(30(44)42-28-22(36)12-18(34)13-23(28)37)10-8-7-9-11-21(27(41)33(47)49-17(4)6-2)31(45)43-29-24(38)14-19(35)15-25(29)39/h7-17,40H,5-6,41H2,1-4H3,(H,42,44)(H,43,45)/p+1. The number of quaternary nitrogens is 1. The summed E-state index contributed by atoms with van der Waals surface area (Å²) in [7, 11) is 0. The van der Waals surface area contributed by atoms with Gasteiger partial charge in [0, 0.05) is 10.0 Å². The lowest BCUT2D eigenvalue weighted by Gasteiger charge is -2.14. The highest BCUT2D eigenvalue weighted by Crippen LogP contribution is 2.34. The molecule has 0 fully saturated rings. The van der Waals surface area contributed by atoms with E-state index in [1.165, 1.54) is 48.6 Å². The Morgan fingerprint density at radius 2 is 1.31 bits per heavy atom. The van der Waals surface area contributed by atoms with Crippen LogP contribution in [-0.4, -0.2) is 41.7 Å². The smallest absolute Gasteiger partial charge is 0.357 e. The number of ether oxygens (including phenoxy) is 2. The molecule has 2 aromatic rings. The van der Waals surface area contributed by atoms with Crippen LogP contribution in [0, 0.1) is 5.41 Å². The topological polar surface area (TPSA) is 165 Å². The lowest BCUT2D eigenvalue weighted by Crippen LogP contribution is -2.83. The summed E-state index contributed by atoms with van der Waals surface area (Å²) in [6.45, 7) is 6.88. The first-order valence-electron chi connectivity index (χ1n) is 14.6. The molecule has 262 valence electrons. The summed E-state index contributed by atoms with van der Waals surface area (Å²) < 4.78 is 10.5. The van der Waals surface area contributed by atoms with Gasteiger partial charge in [0.2, 0.25) is 0 Å². The highest BCUT2D eigenvalue weighted by atomic mass is 35.5. The van der Waals surface area contributed by atoms with E-state index in [9.17, 15) is 19.2 Å². The number of esters is 2. The van der Waals surface area contributed by atoms with Crippen molar-refractivity contribution in [3.8, 4) is 0 Å². The maximum absolute atomic E-state index is 13.4. The van der Waals surface area contributed by atoms with Crippen LogP contribution >= 0.6 is 69.6 Å². The van der Waals surface area contributed by atoms with Crippen LogP contribution in [0.4, 0.5) is 11.4 Å². The Morgan fingerprint density at radius 3 is 1.82 bits per heavy atom. The molecule has 0 aliphatic carbocycles. The second-order valence-electron chi connectivity index (χ2n) is 10.3. The number of nitrogens with one attached hydrogen (secondary N) is 2. The van der Waals surface area contributed by atoms with E-state index in [1.54, 1.807) is 27.7 Å². The fourth-order valence-corrected chi connectivity index (χ4v) is 5.40. The highest BCUT2D eigenvalue weighted by Gasteiger charge is 2.26. The molecule has 49 heavy (non-hydrogen) atoms. The van der Waals surface area contributed by atoms with Crippen molar-refractivity contribution >= 4 is 110 Å². The first-order valence-corrected chi connectivity index (χ1v) is 16.8. The summed E-state index contributed by atoms with van der Waals surface area (Å²) in [5.41, 5.74) is 4.30. The monoisotopic (exact) mass is 791 g/mol. The van der Waals surface area contributed by atoms with Crippen LogP contribution in [0.5, 0.6) is 0 Å². The van der Waals surface area contributed by atoms with Crippen molar-refractivity contribution in [1.29, 1.82) is 5.41 Å². The molecule has 6 N–H and O–H groups in total. The Kier molecular flexibility index (Phi) is 16.8. The van der Waals surface area contributed by atoms with Crippen molar-refractivity contribution < 1.29 is 34.0 Å². The van der Waals surface area contributed by atoms with Crippen LogP contribution in [0.1, 0.15) is 40.5 Å². The van der Waals surface area contributed by atoms with Crippen LogP contribution < -0.4 is 16.4 Å². The predicted octanol–water partition coefficient (Wildman–Crippen LogP) is 7.92. The summed E-state index contributed by atoms with van der Waals surface area (Å²) in [6, 6.07) is 5.48. The van der Waals surface area contributed by atoms with Crippen LogP contribution in [0.2, 0.25) is 30.1 Å². The van der Waals surface area contributed by atoms with Gasteiger partial charge in [-0.25, -0.2) is 19.7 Å². The predicted molar refractivity (Wildman–Crippen MR) is 195 cm³/mol. The number of amides is 2. The van der Waals surface area contributed by atoms with E-state index in [-0.39, 0.29) is 47.1 Å². The number of carbonyl (C=O) groups excluding carboxylic acids is 4. The zero-order valence-corrected chi connectivity index (χ0v) is 31.2. The SMILES string of the molecule is CCC(C)OC(=O)C(=N)C(=CC=CC=CC(C(=O)[NH2+]c1c(Cl)cc(Cl)cc1Cl)=C(N)C(=O)OC(C)CC)C(=O)Nc1c(Cl)cc(Cl)cc1Cl. The first-order chi connectivity index (χ1) is 23.0.